The molecule has 0 fully saturated rings. The van der Waals surface area contributed by atoms with Gasteiger partial charge in [0.15, 0.2) is 0 Å². The zero-order valence-corrected chi connectivity index (χ0v) is 15.6. The first kappa shape index (κ1) is 18.1. The predicted octanol–water partition coefficient (Wildman–Crippen LogP) is 5.25. The first-order valence-electron chi connectivity index (χ1n) is 7.03. The molecule has 0 unspecified atom stereocenters. The Morgan fingerprint density at radius 3 is 2.56 bits per heavy atom. The Balaban J connectivity index is 2.06. The summed E-state index contributed by atoms with van der Waals surface area (Å²) in [5.41, 5.74) is 1.38. The quantitative estimate of drug-likeness (QED) is 0.697. The van der Waals surface area contributed by atoms with E-state index in [-0.39, 0.29) is 11.4 Å². The van der Waals surface area contributed by atoms with Crippen LogP contribution in [0, 0.1) is 0 Å². The van der Waals surface area contributed by atoms with Crippen molar-refractivity contribution in [3.8, 4) is 0 Å². The largest absolute Gasteiger partial charge is 0.478 e. The number of halogens is 3. The second-order valence-electron chi connectivity index (χ2n) is 5.18. The molecule has 25 heavy (non-hydrogen) atoms. The summed E-state index contributed by atoms with van der Waals surface area (Å²) in [6.07, 6.45) is 0.890. The van der Waals surface area contributed by atoms with Gasteiger partial charge in [-0.2, -0.15) is 0 Å². The van der Waals surface area contributed by atoms with E-state index in [9.17, 15) is 9.59 Å². The van der Waals surface area contributed by atoms with Gasteiger partial charge in [-0.1, -0.05) is 58.7 Å². The van der Waals surface area contributed by atoms with Gasteiger partial charge in [0.05, 0.1) is 37.1 Å². The first-order valence-corrected chi connectivity index (χ1v) is 8.98. The van der Waals surface area contributed by atoms with Crippen LogP contribution >= 0.6 is 46.6 Å². The second-order valence-corrected chi connectivity index (χ2v) is 7.45. The summed E-state index contributed by atoms with van der Waals surface area (Å²) in [7, 11) is 0. The number of carbonyl (C=O) groups excluding carboxylic acids is 1. The Bertz CT molecular complexity index is 914. The number of nitrogens with zero attached hydrogens (tertiary/aromatic N) is 1. The van der Waals surface area contributed by atoms with Crippen molar-refractivity contribution in [1.82, 2.24) is 0 Å². The monoisotopic (exact) mass is 413 g/mol. The molecule has 2 aromatic rings. The zero-order chi connectivity index (χ0) is 18.1. The fraction of sp³-hybridized carbons (Fsp3) is 0.0588. The molecular weight excluding hydrogens is 405 g/mol. The fourth-order valence-electron chi connectivity index (χ4n) is 2.39. The Kier molecular flexibility index (Phi) is 5.29. The van der Waals surface area contributed by atoms with E-state index in [2.05, 4.69) is 0 Å². The molecule has 0 saturated heterocycles. The predicted molar refractivity (Wildman–Crippen MR) is 101 cm³/mol. The van der Waals surface area contributed by atoms with Crippen molar-refractivity contribution in [3.63, 3.8) is 0 Å². The second kappa shape index (κ2) is 7.30. The number of anilines is 1. The lowest BCUT2D eigenvalue weighted by Crippen LogP contribution is -2.34. The average Bonchev–Trinajstić information content (AvgIpc) is 2.55. The van der Waals surface area contributed by atoms with E-state index in [1.165, 1.54) is 4.90 Å². The molecule has 1 aliphatic rings. The van der Waals surface area contributed by atoms with Gasteiger partial charge in [0, 0.05) is 6.08 Å². The highest BCUT2D eigenvalue weighted by atomic mass is 35.5. The van der Waals surface area contributed by atoms with Crippen molar-refractivity contribution < 1.29 is 14.7 Å². The number of hydrogen-bond acceptors (Lipinski definition) is 3. The minimum absolute atomic E-state index is 0.0909. The SMILES string of the molecule is O=C(O)C=C1Sc2c(Cl)cccc2N(Cc2ccc(Cl)c(Cl)c2)C1=O. The molecule has 8 heteroatoms. The maximum Gasteiger partial charge on any atom is 0.329 e. The summed E-state index contributed by atoms with van der Waals surface area (Å²) in [5, 5.41) is 10.3. The van der Waals surface area contributed by atoms with Gasteiger partial charge in [-0.15, -0.1) is 0 Å². The molecule has 0 saturated carbocycles. The van der Waals surface area contributed by atoms with Gasteiger partial charge in [-0.25, -0.2) is 4.79 Å². The number of carboxylic acid groups (broad SMARTS) is 1. The zero-order valence-electron chi connectivity index (χ0n) is 12.5. The van der Waals surface area contributed by atoms with Gasteiger partial charge < -0.3 is 10.0 Å². The van der Waals surface area contributed by atoms with E-state index < -0.39 is 11.9 Å². The van der Waals surface area contributed by atoms with E-state index >= 15 is 0 Å². The molecule has 0 aromatic heterocycles. The highest BCUT2D eigenvalue weighted by Gasteiger charge is 2.31. The molecule has 0 spiro atoms. The summed E-state index contributed by atoms with van der Waals surface area (Å²) in [4.78, 5) is 26.0. The lowest BCUT2D eigenvalue weighted by Gasteiger charge is -2.30. The molecule has 128 valence electrons. The van der Waals surface area contributed by atoms with E-state index in [1.54, 1.807) is 36.4 Å². The molecule has 0 bridgehead atoms. The smallest absolute Gasteiger partial charge is 0.329 e. The molecule has 4 nitrogen and oxygen atoms in total. The first-order chi connectivity index (χ1) is 11.9. The number of carbonyl (C=O) groups is 2. The third-order valence-corrected chi connectivity index (χ3v) is 5.80. The average molecular weight is 415 g/mol. The molecule has 3 rings (SSSR count). The molecule has 1 N–H and O–H groups in total. The fourth-order valence-corrected chi connectivity index (χ4v) is 4.02. The summed E-state index contributed by atoms with van der Waals surface area (Å²) >= 11 is 19.3. The third-order valence-electron chi connectivity index (χ3n) is 3.48. The van der Waals surface area contributed by atoms with Crippen LogP contribution < -0.4 is 4.90 Å². The van der Waals surface area contributed by atoms with Crippen LogP contribution in [-0.4, -0.2) is 17.0 Å². The molecule has 0 radical (unpaired) electrons. The van der Waals surface area contributed by atoms with Crippen molar-refractivity contribution in [2.24, 2.45) is 0 Å². The Labute approximate surface area is 163 Å². The lowest BCUT2D eigenvalue weighted by atomic mass is 10.1. The molecule has 1 aliphatic heterocycles. The highest BCUT2D eigenvalue weighted by Crippen LogP contribution is 2.45. The van der Waals surface area contributed by atoms with Gasteiger partial charge in [-0.3, -0.25) is 4.79 Å². The van der Waals surface area contributed by atoms with E-state index in [0.29, 0.717) is 25.7 Å². The van der Waals surface area contributed by atoms with Crippen molar-refractivity contribution in [3.05, 3.63) is 68.0 Å². The highest BCUT2D eigenvalue weighted by molar-refractivity contribution is 8.04. The van der Waals surface area contributed by atoms with Gasteiger partial charge >= 0.3 is 5.97 Å². The van der Waals surface area contributed by atoms with E-state index in [4.69, 9.17) is 39.9 Å². The molecular formula is C17H10Cl3NO3S. The van der Waals surface area contributed by atoms with Crippen LogP contribution in [-0.2, 0) is 16.1 Å². The van der Waals surface area contributed by atoms with Crippen molar-refractivity contribution in [1.29, 1.82) is 0 Å². The maximum atomic E-state index is 12.8. The van der Waals surface area contributed by atoms with Crippen LogP contribution in [0.4, 0.5) is 5.69 Å². The van der Waals surface area contributed by atoms with E-state index in [1.807, 2.05) is 0 Å². The summed E-state index contributed by atoms with van der Waals surface area (Å²) in [6, 6.07) is 10.3. The standard InChI is InChI=1S/C17H10Cl3NO3S/c18-10-5-4-9(6-12(10)20)8-21-13-3-1-2-11(19)16(13)25-14(17(21)24)7-15(22)23/h1-7H,8H2,(H,22,23). The summed E-state index contributed by atoms with van der Waals surface area (Å²) in [5.74, 6) is -1.60. The molecule has 2 aromatic carbocycles. The lowest BCUT2D eigenvalue weighted by molar-refractivity contribution is -0.131. The summed E-state index contributed by atoms with van der Waals surface area (Å²) in [6.45, 7) is 0.209. The van der Waals surface area contributed by atoms with Gasteiger partial charge in [0.2, 0.25) is 0 Å². The Morgan fingerprint density at radius 1 is 1.12 bits per heavy atom. The topological polar surface area (TPSA) is 57.6 Å². The van der Waals surface area contributed by atoms with Crippen LogP contribution in [0.25, 0.3) is 0 Å². The van der Waals surface area contributed by atoms with Gasteiger partial charge in [0.25, 0.3) is 5.91 Å². The van der Waals surface area contributed by atoms with Crippen molar-refractivity contribution >= 4 is 64.1 Å². The van der Waals surface area contributed by atoms with E-state index in [0.717, 1.165) is 23.4 Å². The van der Waals surface area contributed by atoms with Crippen molar-refractivity contribution in [2.45, 2.75) is 11.4 Å². The minimum atomic E-state index is -1.19. The molecule has 0 atom stereocenters. The number of thioether (sulfide) groups is 1. The molecule has 0 aliphatic carbocycles. The number of carboxylic acids is 1. The number of benzene rings is 2. The normalized spacial score (nSPS) is 15.4. The Hall–Kier alpha value is -1.66. The van der Waals surface area contributed by atoms with Crippen LogP contribution in [0.5, 0.6) is 0 Å². The van der Waals surface area contributed by atoms with Crippen LogP contribution in [0.2, 0.25) is 15.1 Å². The van der Waals surface area contributed by atoms with Gasteiger partial charge in [0.1, 0.15) is 0 Å². The number of rotatable bonds is 3. The van der Waals surface area contributed by atoms with Crippen LogP contribution in [0.15, 0.2) is 52.3 Å². The maximum absolute atomic E-state index is 12.8. The molecule has 1 amide bonds. The molecule has 1 heterocycles. The third kappa shape index (κ3) is 3.80. The number of aliphatic carboxylic acids is 1. The van der Waals surface area contributed by atoms with Crippen molar-refractivity contribution in [2.75, 3.05) is 4.90 Å². The minimum Gasteiger partial charge on any atom is -0.478 e. The van der Waals surface area contributed by atoms with Crippen LogP contribution in [0.1, 0.15) is 5.56 Å². The Morgan fingerprint density at radius 2 is 1.88 bits per heavy atom. The van der Waals surface area contributed by atoms with Crippen LogP contribution in [0.3, 0.4) is 0 Å². The van der Waals surface area contributed by atoms with Gasteiger partial charge in [-0.05, 0) is 29.8 Å². The number of hydrogen-bond donors (Lipinski definition) is 1. The number of amides is 1. The summed E-state index contributed by atoms with van der Waals surface area (Å²) < 4.78 is 0. The number of fused-ring (bicyclic) bond motifs is 1.